The molecule has 178 valence electrons. The number of carbonyl (C=O) groups is 1. The van der Waals surface area contributed by atoms with Crippen LogP contribution < -0.4 is 10.7 Å². The maximum Gasteiger partial charge on any atom is 0.244 e. The van der Waals surface area contributed by atoms with Gasteiger partial charge in [-0.15, -0.1) is 0 Å². The number of hydrogen-bond donors (Lipinski definition) is 1. The fraction of sp³-hybridized carbons (Fsp3) is 0.308. The van der Waals surface area contributed by atoms with Gasteiger partial charge >= 0.3 is 0 Å². The molecular weight excluding hydrogens is 452 g/mol. The monoisotopic (exact) mass is 480 g/mol. The summed E-state index contributed by atoms with van der Waals surface area (Å²) in [7, 11) is -3.47. The lowest BCUT2D eigenvalue weighted by atomic mass is 10.1. The summed E-state index contributed by atoms with van der Waals surface area (Å²) in [5.74, 6) is -0.326. The van der Waals surface area contributed by atoms with Gasteiger partial charge in [0.1, 0.15) is 11.8 Å². The van der Waals surface area contributed by atoms with Crippen molar-refractivity contribution in [3.8, 4) is 0 Å². The number of amides is 1. The minimum atomic E-state index is -3.47. The lowest BCUT2D eigenvalue weighted by Gasteiger charge is -2.20. The fourth-order valence-electron chi connectivity index (χ4n) is 4.02. The van der Waals surface area contributed by atoms with E-state index in [-0.39, 0.29) is 11.3 Å². The molecule has 0 radical (unpaired) electrons. The lowest BCUT2D eigenvalue weighted by Crippen LogP contribution is -2.31. The van der Waals surface area contributed by atoms with Crippen molar-refractivity contribution in [2.45, 2.75) is 37.0 Å². The summed E-state index contributed by atoms with van der Waals surface area (Å²) >= 11 is 0. The minimum Gasteiger partial charge on any atom is -0.463 e. The van der Waals surface area contributed by atoms with Crippen LogP contribution in [0.15, 0.2) is 75.0 Å². The van der Waals surface area contributed by atoms with E-state index in [1.807, 2.05) is 0 Å². The van der Waals surface area contributed by atoms with Gasteiger partial charge in [-0.25, -0.2) is 8.42 Å². The molecule has 7 nitrogen and oxygen atoms in total. The maximum atomic E-state index is 12.9. The number of nitrogens with one attached hydrogen (secondary N) is 1. The number of para-hydroxylation sites is 1. The van der Waals surface area contributed by atoms with Gasteiger partial charge in [0.05, 0.1) is 15.8 Å². The average Bonchev–Trinajstić information content (AvgIpc) is 3.15. The standard InChI is InChI=1S/C26H28N2O5S/c29-25(14-11-21-19-33-24-8-4-3-7-23(24)26(21)30)27-16-15-20-9-12-22(13-10-20)34(31,32)28-17-5-1-2-6-18-28/h3-4,7-14,19H,1-2,5-6,15-18H2,(H,27,29)/b14-11+. The SMILES string of the molecule is O=C(/C=C/c1coc2ccccc2c1=O)NCCc1ccc(S(=O)(=O)N2CCCCCC2)cc1. The number of benzene rings is 2. The highest BCUT2D eigenvalue weighted by atomic mass is 32.2. The Labute approximate surface area is 199 Å². The number of carbonyl (C=O) groups excluding carboxylic acids is 1. The van der Waals surface area contributed by atoms with Gasteiger partial charge in [-0.05, 0) is 55.2 Å². The number of hydrogen-bond acceptors (Lipinski definition) is 5. The van der Waals surface area contributed by atoms with Crippen LogP contribution in [0.2, 0.25) is 0 Å². The van der Waals surface area contributed by atoms with Crippen LogP contribution in [-0.2, 0) is 21.2 Å². The van der Waals surface area contributed by atoms with Crippen LogP contribution in [0.3, 0.4) is 0 Å². The van der Waals surface area contributed by atoms with Gasteiger partial charge in [0.2, 0.25) is 15.9 Å². The van der Waals surface area contributed by atoms with Gasteiger partial charge in [-0.2, -0.15) is 4.31 Å². The Morgan fingerprint density at radius 2 is 1.71 bits per heavy atom. The second kappa shape index (κ2) is 10.8. The van der Waals surface area contributed by atoms with Crippen LogP contribution in [0.1, 0.15) is 36.8 Å². The Balaban J connectivity index is 1.31. The van der Waals surface area contributed by atoms with Crippen molar-refractivity contribution < 1.29 is 17.6 Å². The summed E-state index contributed by atoms with van der Waals surface area (Å²) in [6.07, 6.45) is 8.59. The summed E-state index contributed by atoms with van der Waals surface area (Å²) in [5.41, 5.74) is 1.53. The first-order chi connectivity index (χ1) is 16.4. The number of rotatable bonds is 7. The van der Waals surface area contributed by atoms with Crippen molar-refractivity contribution in [3.63, 3.8) is 0 Å². The van der Waals surface area contributed by atoms with E-state index in [4.69, 9.17) is 4.42 Å². The Hall–Kier alpha value is -3.23. The zero-order valence-corrected chi connectivity index (χ0v) is 19.7. The first-order valence-electron chi connectivity index (χ1n) is 11.5. The van der Waals surface area contributed by atoms with E-state index < -0.39 is 10.0 Å². The molecule has 0 saturated carbocycles. The highest BCUT2D eigenvalue weighted by Gasteiger charge is 2.24. The smallest absolute Gasteiger partial charge is 0.244 e. The molecule has 0 bridgehead atoms. The molecule has 1 amide bonds. The topological polar surface area (TPSA) is 96.7 Å². The van der Waals surface area contributed by atoms with E-state index >= 15 is 0 Å². The van der Waals surface area contributed by atoms with E-state index in [1.165, 1.54) is 18.4 Å². The molecule has 0 aliphatic carbocycles. The quantitative estimate of drug-likeness (QED) is 0.520. The van der Waals surface area contributed by atoms with E-state index in [1.54, 1.807) is 52.8 Å². The van der Waals surface area contributed by atoms with Crippen LogP contribution in [0.25, 0.3) is 17.0 Å². The van der Waals surface area contributed by atoms with Crippen molar-refractivity contribution in [2.24, 2.45) is 0 Å². The van der Waals surface area contributed by atoms with Crippen molar-refractivity contribution in [2.75, 3.05) is 19.6 Å². The Morgan fingerprint density at radius 1 is 1.00 bits per heavy atom. The van der Waals surface area contributed by atoms with E-state index in [9.17, 15) is 18.0 Å². The molecule has 0 unspecified atom stereocenters. The van der Waals surface area contributed by atoms with Gasteiger partial charge < -0.3 is 9.73 Å². The number of fused-ring (bicyclic) bond motifs is 1. The molecule has 0 spiro atoms. The molecule has 1 saturated heterocycles. The van der Waals surface area contributed by atoms with Crippen molar-refractivity contribution in [1.82, 2.24) is 9.62 Å². The Bertz CT molecular complexity index is 1340. The normalized spacial score (nSPS) is 15.4. The third-order valence-electron chi connectivity index (χ3n) is 5.96. The predicted octanol–water partition coefficient (Wildman–Crippen LogP) is 3.73. The summed E-state index contributed by atoms with van der Waals surface area (Å²) < 4.78 is 32.8. The first kappa shape index (κ1) is 23.9. The molecule has 1 N–H and O–H groups in total. The van der Waals surface area contributed by atoms with Crippen LogP contribution in [0.4, 0.5) is 0 Å². The molecule has 1 aliphatic heterocycles. The molecule has 1 fully saturated rings. The molecule has 34 heavy (non-hydrogen) atoms. The highest BCUT2D eigenvalue weighted by Crippen LogP contribution is 2.20. The van der Waals surface area contributed by atoms with Gasteiger partial charge in [0.15, 0.2) is 5.43 Å². The highest BCUT2D eigenvalue weighted by molar-refractivity contribution is 7.89. The molecule has 3 aromatic rings. The van der Waals surface area contributed by atoms with Crippen molar-refractivity contribution >= 4 is 33.0 Å². The van der Waals surface area contributed by atoms with Gasteiger partial charge in [-0.3, -0.25) is 9.59 Å². The summed E-state index contributed by atoms with van der Waals surface area (Å²) in [5, 5.41) is 3.24. The lowest BCUT2D eigenvalue weighted by molar-refractivity contribution is -0.116. The molecule has 1 aromatic heterocycles. The Kier molecular flexibility index (Phi) is 7.59. The minimum absolute atomic E-state index is 0.193. The average molecular weight is 481 g/mol. The maximum absolute atomic E-state index is 12.9. The van der Waals surface area contributed by atoms with Crippen LogP contribution in [0, 0.1) is 0 Å². The molecular formula is C26H28N2O5S. The van der Waals surface area contributed by atoms with Crippen LogP contribution in [-0.4, -0.2) is 38.3 Å². The van der Waals surface area contributed by atoms with Crippen LogP contribution >= 0.6 is 0 Å². The largest absolute Gasteiger partial charge is 0.463 e. The Morgan fingerprint density at radius 3 is 2.44 bits per heavy atom. The van der Waals surface area contributed by atoms with Crippen LogP contribution in [0.5, 0.6) is 0 Å². The van der Waals surface area contributed by atoms with Crippen molar-refractivity contribution in [1.29, 1.82) is 0 Å². The molecule has 2 aromatic carbocycles. The van der Waals surface area contributed by atoms with E-state index in [0.717, 1.165) is 31.2 Å². The summed E-state index contributed by atoms with van der Waals surface area (Å²) in [6, 6.07) is 13.8. The third-order valence-corrected chi connectivity index (χ3v) is 7.87. The van der Waals surface area contributed by atoms with Crippen molar-refractivity contribution in [3.05, 3.63) is 82.2 Å². The van der Waals surface area contributed by atoms with Gasteiger partial charge in [0.25, 0.3) is 0 Å². The van der Waals surface area contributed by atoms with Gasteiger partial charge in [-0.1, -0.05) is 37.1 Å². The fourth-order valence-corrected chi connectivity index (χ4v) is 5.54. The molecule has 4 rings (SSSR count). The zero-order valence-electron chi connectivity index (χ0n) is 18.9. The second-order valence-electron chi connectivity index (χ2n) is 8.35. The second-order valence-corrected chi connectivity index (χ2v) is 10.3. The summed E-state index contributed by atoms with van der Waals surface area (Å²) in [4.78, 5) is 24.9. The predicted molar refractivity (Wildman–Crippen MR) is 132 cm³/mol. The third kappa shape index (κ3) is 5.63. The first-order valence-corrected chi connectivity index (χ1v) is 12.9. The molecule has 1 aliphatic rings. The van der Waals surface area contributed by atoms with E-state index in [0.29, 0.717) is 47.5 Å². The van der Waals surface area contributed by atoms with E-state index in [2.05, 4.69) is 5.32 Å². The molecule has 8 heteroatoms. The zero-order chi connectivity index (χ0) is 24.0. The van der Waals surface area contributed by atoms with Gasteiger partial charge in [0, 0.05) is 25.7 Å². The molecule has 2 heterocycles. The summed E-state index contributed by atoms with van der Waals surface area (Å²) in [6.45, 7) is 1.53. The number of nitrogens with zero attached hydrogens (tertiary/aromatic N) is 1. The molecule has 0 atom stereocenters. The number of sulfonamides is 1.